The number of carbonyl (C=O) groups excluding carboxylic acids is 2. The van der Waals surface area contributed by atoms with E-state index in [1.54, 1.807) is 4.90 Å². The lowest BCUT2D eigenvalue weighted by atomic mass is 9.97. The zero-order chi connectivity index (χ0) is 15.9. The van der Waals surface area contributed by atoms with Gasteiger partial charge in [-0.3, -0.25) is 4.79 Å². The molecule has 2 rings (SSSR count). The Morgan fingerprint density at radius 1 is 1.32 bits per heavy atom. The van der Waals surface area contributed by atoms with Gasteiger partial charge < -0.3 is 15.0 Å². The van der Waals surface area contributed by atoms with Crippen molar-refractivity contribution in [1.29, 1.82) is 0 Å². The first-order valence-electron chi connectivity index (χ1n) is 7.84. The summed E-state index contributed by atoms with van der Waals surface area (Å²) in [5, 5.41) is 2.90. The van der Waals surface area contributed by atoms with Crippen LogP contribution in [0.3, 0.4) is 0 Å². The van der Waals surface area contributed by atoms with Crippen LogP contribution < -0.4 is 5.32 Å². The first-order valence-corrected chi connectivity index (χ1v) is 7.84. The third kappa shape index (κ3) is 4.76. The average molecular weight is 304 g/mol. The molecule has 1 unspecified atom stereocenters. The monoisotopic (exact) mass is 304 g/mol. The predicted molar refractivity (Wildman–Crippen MR) is 85.6 cm³/mol. The molecule has 1 fully saturated rings. The van der Waals surface area contributed by atoms with Crippen molar-refractivity contribution in [3.8, 4) is 0 Å². The summed E-state index contributed by atoms with van der Waals surface area (Å²) in [5.74, 6) is 0.0963. The van der Waals surface area contributed by atoms with E-state index in [1.807, 2.05) is 44.2 Å². The number of nitrogens with zero attached hydrogens (tertiary/aromatic N) is 1. The van der Waals surface area contributed by atoms with Crippen LogP contribution in [0, 0.1) is 11.8 Å². The first kappa shape index (κ1) is 16.3. The maximum atomic E-state index is 12.3. The second-order valence-electron chi connectivity index (χ2n) is 6.11. The molecule has 0 aliphatic carbocycles. The van der Waals surface area contributed by atoms with Crippen molar-refractivity contribution in [2.75, 3.05) is 25.0 Å². The van der Waals surface area contributed by atoms with Gasteiger partial charge in [-0.1, -0.05) is 32.0 Å². The molecule has 1 aliphatic heterocycles. The lowest BCUT2D eigenvalue weighted by molar-refractivity contribution is -0.121. The number of likely N-dealkylation sites (tertiary alicyclic amines) is 1. The summed E-state index contributed by atoms with van der Waals surface area (Å²) in [6.07, 6.45) is 1.31. The van der Waals surface area contributed by atoms with Gasteiger partial charge in [0, 0.05) is 18.8 Å². The molecule has 1 aliphatic rings. The van der Waals surface area contributed by atoms with E-state index in [9.17, 15) is 9.59 Å². The molecule has 0 spiro atoms. The Labute approximate surface area is 131 Å². The Kier molecular flexibility index (Phi) is 5.81. The number of benzene rings is 1. The minimum atomic E-state index is -0.314. The molecule has 22 heavy (non-hydrogen) atoms. The molecule has 5 heteroatoms. The molecular formula is C17H24N2O3. The van der Waals surface area contributed by atoms with E-state index in [2.05, 4.69) is 5.32 Å². The SMILES string of the molecule is CC(C)COC(=O)N1CCCC(C(=O)Nc2ccccc2)C1. The van der Waals surface area contributed by atoms with Gasteiger partial charge in [0.1, 0.15) is 0 Å². The lowest BCUT2D eigenvalue weighted by Gasteiger charge is -2.31. The van der Waals surface area contributed by atoms with Gasteiger partial charge >= 0.3 is 6.09 Å². The number of amides is 2. The van der Waals surface area contributed by atoms with E-state index in [0.717, 1.165) is 18.5 Å². The molecular weight excluding hydrogens is 280 g/mol. The molecule has 1 saturated heterocycles. The molecule has 1 heterocycles. The zero-order valence-electron chi connectivity index (χ0n) is 13.2. The molecule has 1 aromatic rings. The van der Waals surface area contributed by atoms with Crippen LogP contribution in [0.25, 0.3) is 0 Å². The van der Waals surface area contributed by atoms with Crippen LogP contribution in [0.5, 0.6) is 0 Å². The summed E-state index contributed by atoms with van der Waals surface area (Å²) < 4.78 is 5.24. The van der Waals surface area contributed by atoms with Crippen molar-refractivity contribution in [2.24, 2.45) is 11.8 Å². The highest BCUT2D eigenvalue weighted by molar-refractivity contribution is 5.93. The Morgan fingerprint density at radius 3 is 2.73 bits per heavy atom. The quantitative estimate of drug-likeness (QED) is 0.929. The number of piperidine rings is 1. The van der Waals surface area contributed by atoms with Crippen LogP contribution in [0.2, 0.25) is 0 Å². The van der Waals surface area contributed by atoms with Crippen LogP contribution in [0.15, 0.2) is 30.3 Å². The minimum absolute atomic E-state index is 0.0347. The minimum Gasteiger partial charge on any atom is -0.449 e. The average Bonchev–Trinajstić information content (AvgIpc) is 2.53. The van der Waals surface area contributed by atoms with Crippen LogP contribution in [-0.2, 0) is 9.53 Å². The molecule has 0 radical (unpaired) electrons. The second-order valence-corrected chi connectivity index (χ2v) is 6.11. The maximum Gasteiger partial charge on any atom is 0.409 e. The molecule has 5 nitrogen and oxygen atoms in total. The summed E-state index contributed by atoms with van der Waals surface area (Å²) in [4.78, 5) is 26.0. The molecule has 1 atom stereocenters. The number of rotatable bonds is 4. The number of carbonyl (C=O) groups is 2. The molecule has 2 amide bonds. The van der Waals surface area contributed by atoms with Gasteiger partial charge in [-0.05, 0) is 30.9 Å². The van der Waals surface area contributed by atoms with Crippen LogP contribution >= 0.6 is 0 Å². The van der Waals surface area contributed by atoms with Crippen molar-refractivity contribution in [1.82, 2.24) is 4.90 Å². The van der Waals surface area contributed by atoms with E-state index in [0.29, 0.717) is 25.6 Å². The fourth-order valence-corrected chi connectivity index (χ4v) is 2.45. The molecule has 0 aromatic heterocycles. The first-order chi connectivity index (χ1) is 10.6. The van der Waals surface area contributed by atoms with Crippen LogP contribution in [0.1, 0.15) is 26.7 Å². The van der Waals surface area contributed by atoms with Gasteiger partial charge in [0.05, 0.1) is 12.5 Å². The van der Waals surface area contributed by atoms with E-state index < -0.39 is 0 Å². The molecule has 1 aromatic carbocycles. The third-order valence-corrected chi connectivity index (χ3v) is 3.63. The predicted octanol–water partition coefficient (Wildman–Crippen LogP) is 3.13. The highest BCUT2D eigenvalue weighted by Gasteiger charge is 2.29. The van der Waals surface area contributed by atoms with Crippen molar-refractivity contribution in [3.63, 3.8) is 0 Å². The van der Waals surface area contributed by atoms with Gasteiger partial charge in [-0.2, -0.15) is 0 Å². The van der Waals surface area contributed by atoms with Crippen molar-refractivity contribution >= 4 is 17.7 Å². The number of hydrogen-bond acceptors (Lipinski definition) is 3. The molecule has 0 bridgehead atoms. The number of para-hydroxylation sites is 1. The van der Waals surface area contributed by atoms with Gasteiger partial charge in [-0.15, -0.1) is 0 Å². The standard InChI is InChI=1S/C17H24N2O3/c1-13(2)12-22-17(21)19-10-6-7-14(11-19)16(20)18-15-8-4-3-5-9-15/h3-5,8-9,13-14H,6-7,10-12H2,1-2H3,(H,18,20). The number of anilines is 1. The molecule has 1 N–H and O–H groups in total. The highest BCUT2D eigenvalue weighted by Crippen LogP contribution is 2.19. The molecule has 0 saturated carbocycles. The smallest absolute Gasteiger partial charge is 0.409 e. The van der Waals surface area contributed by atoms with E-state index in [4.69, 9.17) is 4.74 Å². The van der Waals surface area contributed by atoms with E-state index >= 15 is 0 Å². The van der Waals surface area contributed by atoms with Gasteiger partial charge in [0.25, 0.3) is 0 Å². The van der Waals surface area contributed by atoms with Crippen molar-refractivity contribution < 1.29 is 14.3 Å². The van der Waals surface area contributed by atoms with E-state index in [-0.39, 0.29) is 17.9 Å². The zero-order valence-corrected chi connectivity index (χ0v) is 13.2. The summed E-state index contributed by atoms with van der Waals surface area (Å²) in [6, 6.07) is 9.38. The summed E-state index contributed by atoms with van der Waals surface area (Å²) >= 11 is 0. The van der Waals surface area contributed by atoms with Crippen LogP contribution in [0.4, 0.5) is 10.5 Å². The maximum absolute atomic E-state index is 12.3. The normalized spacial score (nSPS) is 18.1. The highest BCUT2D eigenvalue weighted by atomic mass is 16.6. The van der Waals surface area contributed by atoms with Gasteiger partial charge in [0.15, 0.2) is 0 Å². The number of ether oxygens (including phenoxy) is 1. The summed E-state index contributed by atoms with van der Waals surface area (Å²) in [7, 11) is 0. The Bertz CT molecular complexity index is 502. The second kappa shape index (κ2) is 7.82. The third-order valence-electron chi connectivity index (χ3n) is 3.63. The molecule has 120 valence electrons. The largest absolute Gasteiger partial charge is 0.449 e. The van der Waals surface area contributed by atoms with Gasteiger partial charge in [-0.25, -0.2) is 4.79 Å². The van der Waals surface area contributed by atoms with E-state index in [1.165, 1.54) is 0 Å². The van der Waals surface area contributed by atoms with Crippen molar-refractivity contribution in [2.45, 2.75) is 26.7 Å². The topological polar surface area (TPSA) is 58.6 Å². The van der Waals surface area contributed by atoms with Crippen LogP contribution in [-0.4, -0.2) is 36.6 Å². The Balaban J connectivity index is 1.87. The summed E-state index contributed by atoms with van der Waals surface area (Å²) in [6.45, 7) is 5.50. The fourth-order valence-electron chi connectivity index (χ4n) is 2.45. The lowest BCUT2D eigenvalue weighted by Crippen LogP contribution is -2.44. The van der Waals surface area contributed by atoms with Crippen molar-refractivity contribution in [3.05, 3.63) is 30.3 Å². The number of nitrogens with one attached hydrogen (secondary N) is 1. The summed E-state index contributed by atoms with van der Waals surface area (Å²) in [5.41, 5.74) is 0.784. The van der Waals surface area contributed by atoms with Gasteiger partial charge in [0.2, 0.25) is 5.91 Å². The number of hydrogen-bond donors (Lipinski definition) is 1. The Hall–Kier alpha value is -2.04. The Morgan fingerprint density at radius 2 is 2.05 bits per heavy atom. The fraction of sp³-hybridized carbons (Fsp3) is 0.529.